The highest BCUT2D eigenvalue weighted by molar-refractivity contribution is 6.09. The molecular weight excluding hydrogens is 378 g/mol. The summed E-state index contributed by atoms with van der Waals surface area (Å²) in [5, 5.41) is 13.8. The molecule has 2 heterocycles. The number of carbonyl (C=O) groups excluding carboxylic acids is 2. The van der Waals surface area contributed by atoms with Gasteiger partial charge < -0.3 is 10.2 Å². The van der Waals surface area contributed by atoms with Gasteiger partial charge in [-0.3, -0.25) is 14.7 Å². The predicted molar refractivity (Wildman–Crippen MR) is 114 cm³/mol. The van der Waals surface area contributed by atoms with Gasteiger partial charge in [0.05, 0.1) is 11.1 Å². The average Bonchev–Trinajstić information content (AvgIpc) is 3.33. The summed E-state index contributed by atoms with van der Waals surface area (Å²) in [6.45, 7) is 3.33. The number of hydrogen-bond acceptors (Lipinski definition) is 4. The average molecular weight is 403 g/mol. The van der Waals surface area contributed by atoms with Crippen molar-refractivity contribution in [1.29, 1.82) is 0 Å². The zero-order chi connectivity index (χ0) is 20.7. The number of likely N-dealkylation sites (tertiary alicyclic amines) is 1. The topological polar surface area (TPSA) is 91.0 Å². The van der Waals surface area contributed by atoms with Crippen LogP contribution in [0.4, 0.5) is 0 Å². The molecule has 1 spiro atoms. The van der Waals surface area contributed by atoms with E-state index in [4.69, 9.17) is 0 Å². The van der Waals surface area contributed by atoms with Crippen molar-refractivity contribution in [3.05, 3.63) is 48.0 Å². The number of nitrogens with one attached hydrogen (secondary N) is 2. The molecule has 0 bridgehead atoms. The van der Waals surface area contributed by atoms with Crippen LogP contribution < -0.4 is 5.32 Å². The largest absolute Gasteiger partial charge is 0.341 e. The second kappa shape index (κ2) is 7.23. The Hall–Kier alpha value is -3.22. The number of hydrogen-bond donors (Lipinski definition) is 2. The molecule has 1 saturated heterocycles. The molecule has 2 amide bonds. The molecule has 30 heavy (non-hydrogen) atoms. The summed E-state index contributed by atoms with van der Waals surface area (Å²) in [7, 11) is 0. The summed E-state index contributed by atoms with van der Waals surface area (Å²) in [6.07, 6.45) is 4.77. The van der Waals surface area contributed by atoms with Crippen LogP contribution >= 0.6 is 0 Å². The molecule has 0 radical (unpaired) electrons. The van der Waals surface area contributed by atoms with E-state index in [1.54, 1.807) is 13.0 Å². The first-order chi connectivity index (χ1) is 14.6. The first-order valence-corrected chi connectivity index (χ1v) is 10.6. The van der Waals surface area contributed by atoms with Gasteiger partial charge in [0.15, 0.2) is 0 Å². The summed E-state index contributed by atoms with van der Waals surface area (Å²) in [6, 6.07) is 12.9. The van der Waals surface area contributed by atoms with Gasteiger partial charge in [0, 0.05) is 18.7 Å². The molecule has 2 aromatic carbocycles. The number of amides is 2. The fourth-order valence-corrected chi connectivity index (χ4v) is 4.46. The molecule has 2 fully saturated rings. The van der Waals surface area contributed by atoms with Crippen LogP contribution in [0.2, 0.25) is 0 Å². The number of benzene rings is 2. The van der Waals surface area contributed by atoms with Gasteiger partial charge in [0.25, 0.3) is 5.91 Å². The third-order valence-electron chi connectivity index (χ3n) is 6.63. The summed E-state index contributed by atoms with van der Waals surface area (Å²) < 4.78 is 0. The number of carbonyl (C=O) groups is 2. The molecule has 1 saturated carbocycles. The molecule has 5 rings (SSSR count). The quantitative estimate of drug-likeness (QED) is 0.700. The van der Waals surface area contributed by atoms with Crippen LogP contribution in [0.5, 0.6) is 0 Å². The van der Waals surface area contributed by atoms with Crippen LogP contribution in [0.3, 0.4) is 0 Å². The van der Waals surface area contributed by atoms with Crippen molar-refractivity contribution in [1.82, 2.24) is 25.6 Å². The predicted octanol–water partition coefficient (Wildman–Crippen LogP) is 3.15. The zero-order valence-electron chi connectivity index (χ0n) is 17.0. The number of H-pyrrole nitrogens is 1. The molecule has 2 N–H and O–H groups in total. The Morgan fingerprint density at radius 2 is 1.80 bits per heavy atom. The van der Waals surface area contributed by atoms with Crippen LogP contribution in [-0.4, -0.2) is 51.3 Å². The number of fused-ring (bicyclic) bond motifs is 1. The normalized spacial score (nSPS) is 18.4. The lowest BCUT2D eigenvalue weighted by atomic mass is 9.93. The minimum atomic E-state index is -0.578. The summed E-state index contributed by atoms with van der Waals surface area (Å²) >= 11 is 0. The van der Waals surface area contributed by atoms with E-state index < -0.39 is 6.04 Å². The zero-order valence-corrected chi connectivity index (χ0v) is 17.0. The van der Waals surface area contributed by atoms with Crippen LogP contribution in [0, 0.1) is 5.41 Å². The van der Waals surface area contributed by atoms with E-state index in [2.05, 4.69) is 20.7 Å². The Bertz CT molecular complexity index is 1090. The van der Waals surface area contributed by atoms with E-state index in [0.29, 0.717) is 22.0 Å². The third-order valence-corrected chi connectivity index (χ3v) is 6.63. The van der Waals surface area contributed by atoms with Gasteiger partial charge in [-0.15, -0.1) is 5.10 Å². The van der Waals surface area contributed by atoms with Gasteiger partial charge in [0.1, 0.15) is 11.6 Å². The number of nitrogens with zero attached hydrogens (tertiary/aromatic N) is 3. The SMILES string of the molecule is C[C@@H](NC(=O)c1ccc(-c2ccccc2)c2nn[nH]c12)C(=O)N1CCC2(CC1)CC2. The van der Waals surface area contributed by atoms with Crippen molar-refractivity contribution in [3.8, 4) is 11.1 Å². The smallest absolute Gasteiger partial charge is 0.254 e. The molecule has 7 heteroatoms. The van der Waals surface area contributed by atoms with E-state index in [9.17, 15) is 9.59 Å². The van der Waals surface area contributed by atoms with Crippen molar-refractivity contribution >= 4 is 22.8 Å². The molecule has 2 aliphatic rings. The standard InChI is InChI=1S/C23H25N5O2/c1-15(22(30)28-13-11-23(9-10-23)12-14-28)24-21(29)18-8-7-17(16-5-3-2-4-6-16)19-20(18)26-27-25-19/h2-8,15H,9-14H2,1H3,(H,24,29)(H,25,26,27)/t15-/m1/s1. The Morgan fingerprint density at radius 1 is 1.07 bits per heavy atom. The second-order valence-electron chi connectivity index (χ2n) is 8.58. The van der Waals surface area contributed by atoms with Crippen molar-refractivity contribution in [2.24, 2.45) is 5.41 Å². The third kappa shape index (κ3) is 3.34. The summed E-state index contributed by atoms with van der Waals surface area (Å²) in [5.74, 6) is -0.319. The highest BCUT2D eigenvalue weighted by atomic mass is 16.2. The van der Waals surface area contributed by atoms with E-state index in [0.717, 1.165) is 37.1 Å². The Morgan fingerprint density at radius 3 is 2.50 bits per heavy atom. The molecule has 1 aliphatic carbocycles. The van der Waals surface area contributed by atoms with Crippen LogP contribution in [0.25, 0.3) is 22.2 Å². The first-order valence-electron chi connectivity index (χ1n) is 10.6. The first kappa shape index (κ1) is 18.8. The maximum absolute atomic E-state index is 13.0. The number of aromatic amines is 1. The van der Waals surface area contributed by atoms with Crippen LogP contribution in [0.15, 0.2) is 42.5 Å². The fourth-order valence-electron chi connectivity index (χ4n) is 4.46. The highest BCUT2D eigenvalue weighted by Gasteiger charge is 2.45. The van der Waals surface area contributed by atoms with E-state index >= 15 is 0 Å². The summed E-state index contributed by atoms with van der Waals surface area (Å²) in [4.78, 5) is 27.7. The Balaban J connectivity index is 1.32. The Labute approximate surface area is 174 Å². The molecule has 1 aromatic heterocycles. The van der Waals surface area contributed by atoms with Crippen molar-refractivity contribution in [2.45, 2.75) is 38.6 Å². The van der Waals surface area contributed by atoms with Crippen LogP contribution in [0.1, 0.15) is 43.0 Å². The van der Waals surface area contributed by atoms with E-state index in [-0.39, 0.29) is 11.8 Å². The number of piperidine rings is 1. The number of aromatic nitrogens is 3. The van der Waals surface area contributed by atoms with Gasteiger partial charge in [-0.2, -0.15) is 0 Å². The van der Waals surface area contributed by atoms with Gasteiger partial charge >= 0.3 is 0 Å². The van der Waals surface area contributed by atoms with Gasteiger partial charge in [-0.05, 0) is 49.7 Å². The molecule has 1 aliphatic heterocycles. The van der Waals surface area contributed by atoms with E-state index in [1.165, 1.54) is 12.8 Å². The Kier molecular flexibility index (Phi) is 4.53. The highest BCUT2D eigenvalue weighted by Crippen LogP contribution is 2.53. The maximum Gasteiger partial charge on any atom is 0.254 e. The fraction of sp³-hybridized carbons (Fsp3) is 0.391. The lowest BCUT2D eigenvalue weighted by Crippen LogP contribution is -2.49. The molecule has 3 aromatic rings. The molecule has 7 nitrogen and oxygen atoms in total. The maximum atomic E-state index is 13.0. The molecule has 154 valence electrons. The monoisotopic (exact) mass is 403 g/mol. The lowest BCUT2D eigenvalue weighted by Gasteiger charge is -2.33. The summed E-state index contributed by atoms with van der Waals surface area (Å²) in [5.41, 5.74) is 4.07. The molecule has 0 unspecified atom stereocenters. The second-order valence-corrected chi connectivity index (χ2v) is 8.58. The van der Waals surface area contributed by atoms with Crippen molar-refractivity contribution < 1.29 is 9.59 Å². The van der Waals surface area contributed by atoms with Gasteiger partial charge in [0.2, 0.25) is 5.91 Å². The number of rotatable bonds is 4. The molecular formula is C23H25N5O2. The van der Waals surface area contributed by atoms with Gasteiger partial charge in [-0.1, -0.05) is 41.6 Å². The molecule has 1 atom stereocenters. The lowest BCUT2D eigenvalue weighted by molar-refractivity contribution is -0.134. The van der Waals surface area contributed by atoms with E-state index in [1.807, 2.05) is 41.3 Å². The van der Waals surface area contributed by atoms with Crippen LogP contribution in [-0.2, 0) is 4.79 Å². The minimum absolute atomic E-state index is 0.0151. The minimum Gasteiger partial charge on any atom is -0.341 e. The van der Waals surface area contributed by atoms with Crippen molar-refractivity contribution in [2.75, 3.05) is 13.1 Å². The van der Waals surface area contributed by atoms with Crippen molar-refractivity contribution in [3.63, 3.8) is 0 Å². The van der Waals surface area contributed by atoms with Gasteiger partial charge in [-0.25, -0.2) is 0 Å².